The first-order chi connectivity index (χ1) is 11.1. The van der Waals surface area contributed by atoms with Crippen LogP contribution in [0.25, 0.3) is 10.9 Å². The van der Waals surface area contributed by atoms with E-state index >= 15 is 0 Å². The van der Waals surface area contributed by atoms with Gasteiger partial charge in [0.15, 0.2) is 0 Å². The molecule has 3 rings (SSSR count). The molecular weight excluding hydrogens is 314 g/mol. The van der Waals surface area contributed by atoms with Gasteiger partial charge in [-0.3, -0.25) is 10.4 Å². The van der Waals surface area contributed by atoms with Gasteiger partial charge in [0.25, 0.3) is 0 Å². The molecule has 0 radical (unpaired) electrons. The summed E-state index contributed by atoms with van der Waals surface area (Å²) in [5.74, 6) is -0.990. The Balaban J connectivity index is 1.88. The SMILES string of the molecule is O=C(O)c1ccccc1/C=N/Nc1ccnc2cc(Cl)ccc12. The summed E-state index contributed by atoms with van der Waals surface area (Å²) in [5.41, 5.74) is 5.15. The second-order valence-corrected chi connectivity index (χ2v) is 5.22. The summed E-state index contributed by atoms with van der Waals surface area (Å²) in [7, 11) is 0. The van der Waals surface area contributed by atoms with E-state index in [1.807, 2.05) is 6.07 Å². The second-order valence-electron chi connectivity index (χ2n) is 4.78. The molecule has 0 bridgehead atoms. The van der Waals surface area contributed by atoms with Crippen molar-refractivity contribution >= 4 is 40.4 Å². The average Bonchev–Trinajstić information content (AvgIpc) is 2.55. The van der Waals surface area contributed by atoms with E-state index in [0.29, 0.717) is 10.6 Å². The minimum atomic E-state index is -0.990. The van der Waals surface area contributed by atoms with Gasteiger partial charge in [0, 0.05) is 22.2 Å². The van der Waals surface area contributed by atoms with Gasteiger partial charge in [-0.2, -0.15) is 5.10 Å². The Morgan fingerprint density at radius 1 is 1.22 bits per heavy atom. The fraction of sp³-hybridized carbons (Fsp3) is 0. The number of nitrogens with one attached hydrogen (secondary N) is 1. The zero-order valence-corrected chi connectivity index (χ0v) is 12.7. The Hall–Kier alpha value is -2.92. The van der Waals surface area contributed by atoms with Crippen LogP contribution >= 0.6 is 11.6 Å². The number of hydrogen-bond acceptors (Lipinski definition) is 4. The maximum atomic E-state index is 11.2. The molecule has 0 spiro atoms. The second kappa shape index (κ2) is 6.46. The monoisotopic (exact) mass is 325 g/mol. The molecular formula is C17H12ClN3O2. The Labute approximate surface area is 137 Å². The first-order valence-corrected chi connectivity index (χ1v) is 7.18. The van der Waals surface area contributed by atoms with Crippen LogP contribution in [0.15, 0.2) is 59.8 Å². The number of fused-ring (bicyclic) bond motifs is 1. The largest absolute Gasteiger partial charge is 0.478 e. The third kappa shape index (κ3) is 3.30. The quantitative estimate of drug-likeness (QED) is 0.561. The van der Waals surface area contributed by atoms with Crippen LogP contribution in [0.1, 0.15) is 15.9 Å². The van der Waals surface area contributed by atoms with Gasteiger partial charge in [-0.25, -0.2) is 4.79 Å². The Bertz CT molecular complexity index is 909. The summed E-state index contributed by atoms with van der Waals surface area (Å²) in [4.78, 5) is 15.4. The summed E-state index contributed by atoms with van der Waals surface area (Å²) in [6.45, 7) is 0. The highest BCUT2D eigenvalue weighted by Crippen LogP contribution is 2.24. The number of aromatic nitrogens is 1. The van der Waals surface area contributed by atoms with Crippen LogP contribution in [0.4, 0.5) is 5.69 Å². The number of carboxylic acids is 1. The van der Waals surface area contributed by atoms with Crippen molar-refractivity contribution in [2.45, 2.75) is 0 Å². The van der Waals surface area contributed by atoms with Crippen molar-refractivity contribution in [2.75, 3.05) is 5.43 Å². The van der Waals surface area contributed by atoms with Crippen molar-refractivity contribution in [1.29, 1.82) is 0 Å². The van der Waals surface area contributed by atoms with E-state index in [1.54, 1.807) is 42.6 Å². The topological polar surface area (TPSA) is 74.6 Å². The lowest BCUT2D eigenvalue weighted by atomic mass is 10.1. The molecule has 0 fully saturated rings. The molecule has 0 atom stereocenters. The number of hydrogen-bond donors (Lipinski definition) is 2. The first-order valence-electron chi connectivity index (χ1n) is 6.81. The molecule has 6 heteroatoms. The molecule has 2 N–H and O–H groups in total. The highest BCUT2D eigenvalue weighted by atomic mass is 35.5. The lowest BCUT2D eigenvalue weighted by Gasteiger charge is -2.05. The van der Waals surface area contributed by atoms with Crippen molar-refractivity contribution in [3.63, 3.8) is 0 Å². The minimum Gasteiger partial charge on any atom is -0.478 e. The van der Waals surface area contributed by atoms with Crippen LogP contribution in [-0.4, -0.2) is 22.3 Å². The third-order valence-corrected chi connectivity index (χ3v) is 3.52. The number of carboxylic acid groups (broad SMARTS) is 1. The predicted octanol–water partition coefficient (Wildman–Crippen LogP) is 4.03. The molecule has 2 aromatic carbocycles. The number of benzene rings is 2. The molecule has 23 heavy (non-hydrogen) atoms. The third-order valence-electron chi connectivity index (χ3n) is 3.28. The number of anilines is 1. The summed E-state index contributed by atoms with van der Waals surface area (Å²) in [6.07, 6.45) is 3.13. The lowest BCUT2D eigenvalue weighted by molar-refractivity contribution is 0.0697. The zero-order chi connectivity index (χ0) is 16.2. The van der Waals surface area contributed by atoms with Crippen molar-refractivity contribution < 1.29 is 9.90 Å². The molecule has 114 valence electrons. The first kappa shape index (κ1) is 15.0. The smallest absolute Gasteiger partial charge is 0.336 e. The zero-order valence-electron chi connectivity index (χ0n) is 11.9. The number of nitrogens with zero attached hydrogens (tertiary/aromatic N) is 2. The molecule has 5 nitrogen and oxygen atoms in total. The van der Waals surface area contributed by atoms with Gasteiger partial charge in [0.2, 0.25) is 0 Å². The standard InChI is InChI=1S/C17H12ClN3O2/c18-12-5-6-14-15(7-8-19-16(14)9-12)21-20-10-11-3-1-2-4-13(11)17(22)23/h1-10H,(H,19,21)(H,22,23)/b20-10+. The van der Waals surface area contributed by atoms with Crippen molar-refractivity contribution in [2.24, 2.45) is 5.10 Å². The van der Waals surface area contributed by atoms with Crippen molar-refractivity contribution in [3.05, 3.63) is 70.9 Å². The van der Waals surface area contributed by atoms with E-state index in [1.165, 1.54) is 12.3 Å². The molecule has 0 unspecified atom stereocenters. The highest BCUT2D eigenvalue weighted by molar-refractivity contribution is 6.31. The summed E-state index contributed by atoms with van der Waals surface area (Å²) >= 11 is 5.96. The normalized spacial score (nSPS) is 11.0. The van der Waals surface area contributed by atoms with E-state index in [-0.39, 0.29) is 5.56 Å². The maximum Gasteiger partial charge on any atom is 0.336 e. The van der Waals surface area contributed by atoms with E-state index in [0.717, 1.165) is 16.6 Å². The number of rotatable bonds is 4. The van der Waals surface area contributed by atoms with Crippen LogP contribution < -0.4 is 5.43 Å². The van der Waals surface area contributed by atoms with E-state index < -0.39 is 5.97 Å². The Morgan fingerprint density at radius 2 is 2.04 bits per heavy atom. The van der Waals surface area contributed by atoms with Gasteiger partial charge in [0.05, 0.1) is 23.0 Å². The van der Waals surface area contributed by atoms with Gasteiger partial charge in [-0.05, 0) is 30.3 Å². The van der Waals surface area contributed by atoms with Crippen LogP contribution in [0.5, 0.6) is 0 Å². The van der Waals surface area contributed by atoms with Crippen LogP contribution in [0, 0.1) is 0 Å². The molecule has 0 saturated carbocycles. The maximum absolute atomic E-state index is 11.2. The average molecular weight is 326 g/mol. The molecule has 0 aliphatic carbocycles. The number of carbonyl (C=O) groups is 1. The number of halogens is 1. The fourth-order valence-electron chi connectivity index (χ4n) is 2.19. The Morgan fingerprint density at radius 3 is 2.87 bits per heavy atom. The van der Waals surface area contributed by atoms with E-state index in [2.05, 4.69) is 15.5 Å². The number of hydrazone groups is 1. The predicted molar refractivity (Wildman–Crippen MR) is 91.4 cm³/mol. The summed E-state index contributed by atoms with van der Waals surface area (Å²) < 4.78 is 0. The number of pyridine rings is 1. The molecule has 0 amide bonds. The summed E-state index contributed by atoms with van der Waals surface area (Å²) in [5, 5.41) is 14.8. The van der Waals surface area contributed by atoms with E-state index in [9.17, 15) is 4.79 Å². The van der Waals surface area contributed by atoms with Crippen LogP contribution in [-0.2, 0) is 0 Å². The molecule has 0 aliphatic rings. The van der Waals surface area contributed by atoms with Gasteiger partial charge >= 0.3 is 5.97 Å². The van der Waals surface area contributed by atoms with Crippen molar-refractivity contribution in [1.82, 2.24) is 4.98 Å². The van der Waals surface area contributed by atoms with E-state index in [4.69, 9.17) is 16.7 Å². The fourth-order valence-corrected chi connectivity index (χ4v) is 2.36. The number of aromatic carboxylic acids is 1. The highest BCUT2D eigenvalue weighted by Gasteiger charge is 2.06. The molecule has 3 aromatic rings. The molecule has 0 aliphatic heterocycles. The van der Waals surface area contributed by atoms with Gasteiger partial charge < -0.3 is 5.11 Å². The summed E-state index contributed by atoms with van der Waals surface area (Å²) in [6, 6.07) is 13.9. The van der Waals surface area contributed by atoms with Gasteiger partial charge in [0.1, 0.15) is 0 Å². The Kier molecular flexibility index (Phi) is 4.21. The van der Waals surface area contributed by atoms with Crippen LogP contribution in [0.3, 0.4) is 0 Å². The van der Waals surface area contributed by atoms with Crippen molar-refractivity contribution in [3.8, 4) is 0 Å². The molecule has 0 saturated heterocycles. The minimum absolute atomic E-state index is 0.199. The molecule has 1 aromatic heterocycles. The van der Waals surface area contributed by atoms with Gasteiger partial charge in [-0.15, -0.1) is 0 Å². The lowest BCUT2D eigenvalue weighted by Crippen LogP contribution is -2.02. The van der Waals surface area contributed by atoms with Crippen LogP contribution in [0.2, 0.25) is 5.02 Å². The molecule has 1 heterocycles. The van der Waals surface area contributed by atoms with Gasteiger partial charge in [-0.1, -0.05) is 29.8 Å².